The molecule has 0 bridgehead atoms. The van der Waals surface area contributed by atoms with Crippen molar-refractivity contribution < 1.29 is 19.0 Å². The van der Waals surface area contributed by atoms with E-state index in [-0.39, 0.29) is 17.9 Å². The smallest absolute Gasteiger partial charge is 0.339 e. The summed E-state index contributed by atoms with van der Waals surface area (Å²) in [5.41, 5.74) is 1.99. The predicted molar refractivity (Wildman–Crippen MR) is 78.2 cm³/mol. The van der Waals surface area contributed by atoms with Gasteiger partial charge in [-0.2, -0.15) is 0 Å². The lowest BCUT2D eigenvalue weighted by Crippen LogP contribution is -2.04. The molecule has 3 nitrogen and oxygen atoms in total. The lowest BCUT2D eigenvalue weighted by Gasteiger charge is -2.10. The number of carboxylic acid groups (broad SMARTS) is 1. The van der Waals surface area contributed by atoms with Gasteiger partial charge in [-0.1, -0.05) is 38.1 Å². The molecule has 4 heteroatoms. The SMILES string of the molecule is CC(C)c1ccc(COc2ccc(F)cc2C(=O)O)cc1. The standard InChI is InChI=1S/C17H17FO3/c1-11(2)13-5-3-12(4-6-13)10-21-16-8-7-14(18)9-15(16)17(19)20/h3-9,11H,10H2,1-2H3,(H,19,20). The summed E-state index contributed by atoms with van der Waals surface area (Å²) in [6.07, 6.45) is 0. The number of halogens is 1. The van der Waals surface area contributed by atoms with Crippen molar-refractivity contribution in [3.05, 3.63) is 65.0 Å². The largest absolute Gasteiger partial charge is 0.488 e. The monoisotopic (exact) mass is 288 g/mol. The Hall–Kier alpha value is -2.36. The number of rotatable bonds is 5. The Kier molecular flexibility index (Phi) is 4.58. The molecule has 0 aliphatic heterocycles. The molecule has 110 valence electrons. The van der Waals surface area contributed by atoms with Crippen molar-refractivity contribution >= 4 is 5.97 Å². The van der Waals surface area contributed by atoms with Gasteiger partial charge in [0.15, 0.2) is 0 Å². The molecule has 0 amide bonds. The van der Waals surface area contributed by atoms with Gasteiger partial charge in [0.25, 0.3) is 0 Å². The van der Waals surface area contributed by atoms with Crippen LogP contribution in [0.5, 0.6) is 5.75 Å². The number of hydrogen-bond donors (Lipinski definition) is 1. The van der Waals surface area contributed by atoms with Crippen LogP contribution in [0.1, 0.15) is 41.3 Å². The highest BCUT2D eigenvalue weighted by molar-refractivity contribution is 5.90. The van der Waals surface area contributed by atoms with Crippen LogP contribution in [-0.2, 0) is 6.61 Å². The van der Waals surface area contributed by atoms with Gasteiger partial charge in [0.05, 0.1) is 0 Å². The molecule has 0 unspecified atom stereocenters. The summed E-state index contributed by atoms with van der Waals surface area (Å²) in [4.78, 5) is 11.1. The zero-order chi connectivity index (χ0) is 15.4. The number of carboxylic acids is 1. The summed E-state index contributed by atoms with van der Waals surface area (Å²) in [5.74, 6) is -1.19. The minimum atomic E-state index is -1.21. The van der Waals surface area contributed by atoms with Gasteiger partial charge in [-0.3, -0.25) is 0 Å². The van der Waals surface area contributed by atoms with Crippen molar-refractivity contribution in [2.24, 2.45) is 0 Å². The summed E-state index contributed by atoms with van der Waals surface area (Å²) in [7, 11) is 0. The van der Waals surface area contributed by atoms with Crippen molar-refractivity contribution in [3.8, 4) is 5.75 Å². The highest BCUT2D eigenvalue weighted by Crippen LogP contribution is 2.21. The Labute approximate surface area is 123 Å². The normalized spacial score (nSPS) is 10.7. The summed E-state index contributed by atoms with van der Waals surface area (Å²) in [5, 5.41) is 9.04. The first-order valence-electron chi connectivity index (χ1n) is 6.72. The molecule has 0 atom stereocenters. The summed E-state index contributed by atoms with van der Waals surface area (Å²) in [6, 6.07) is 11.4. The Morgan fingerprint density at radius 2 is 1.86 bits per heavy atom. The lowest BCUT2D eigenvalue weighted by molar-refractivity contribution is 0.0691. The summed E-state index contributed by atoms with van der Waals surface area (Å²) in [6.45, 7) is 4.47. The fourth-order valence-electron chi connectivity index (χ4n) is 1.96. The number of carbonyl (C=O) groups is 1. The average molecular weight is 288 g/mol. The van der Waals surface area contributed by atoms with E-state index in [1.807, 2.05) is 24.3 Å². The maximum absolute atomic E-state index is 13.1. The van der Waals surface area contributed by atoms with Gasteiger partial charge < -0.3 is 9.84 Å². The van der Waals surface area contributed by atoms with E-state index in [1.54, 1.807) is 0 Å². The quantitative estimate of drug-likeness (QED) is 0.895. The first-order valence-corrected chi connectivity index (χ1v) is 6.72. The second-order valence-electron chi connectivity index (χ2n) is 5.13. The first-order chi connectivity index (χ1) is 9.97. The molecule has 0 saturated carbocycles. The molecule has 2 rings (SSSR count). The Morgan fingerprint density at radius 3 is 2.43 bits per heavy atom. The van der Waals surface area contributed by atoms with E-state index < -0.39 is 11.8 Å². The van der Waals surface area contributed by atoms with Crippen LogP contribution >= 0.6 is 0 Å². The van der Waals surface area contributed by atoms with Crippen LogP contribution in [0, 0.1) is 5.82 Å². The van der Waals surface area contributed by atoms with Crippen LogP contribution in [0.15, 0.2) is 42.5 Å². The number of benzene rings is 2. The topological polar surface area (TPSA) is 46.5 Å². The van der Waals surface area contributed by atoms with Crippen molar-refractivity contribution in [3.63, 3.8) is 0 Å². The molecule has 0 fully saturated rings. The maximum atomic E-state index is 13.1. The fraction of sp³-hybridized carbons (Fsp3) is 0.235. The number of ether oxygens (including phenoxy) is 1. The average Bonchev–Trinajstić information content (AvgIpc) is 2.46. The Balaban J connectivity index is 2.11. The minimum absolute atomic E-state index is 0.164. The van der Waals surface area contributed by atoms with E-state index in [0.717, 1.165) is 11.6 Å². The molecule has 1 N–H and O–H groups in total. The molecule has 2 aromatic rings. The summed E-state index contributed by atoms with van der Waals surface area (Å²) < 4.78 is 18.6. The number of aromatic carboxylic acids is 1. The van der Waals surface area contributed by atoms with Crippen molar-refractivity contribution in [2.45, 2.75) is 26.4 Å². The van der Waals surface area contributed by atoms with Crippen LogP contribution in [0.3, 0.4) is 0 Å². The van der Waals surface area contributed by atoms with Gasteiger partial charge in [0, 0.05) is 0 Å². The highest BCUT2D eigenvalue weighted by atomic mass is 19.1. The minimum Gasteiger partial charge on any atom is -0.488 e. The molecular formula is C17H17FO3. The van der Waals surface area contributed by atoms with E-state index in [9.17, 15) is 9.18 Å². The summed E-state index contributed by atoms with van der Waals surface area (Å²) >= 11 is 0. The highest BCUT2D eigenvalue weighted by Gasteiger charge is 2.12. The lowest BCUT2D eigenvalue weighted by atomic mass is 10.0. The van der Waals surface area contributed by atoms with E-state index in [0.29, 0.717) is 5.92 Å². The zero-order valence-electron chi connectivity index (χ0n) is 12.0. The second-order valence-corrected chi connectivity index (χ2v) is 5.13. The van der Waals surface area contributed by atoms with Crippen molar-refractivity contribution in [1.29, 1.82) is 0 Å². The van der Waals surface area contributed by atoms with Gasteiger partial charge in [-0.25, -0.2) is 9.18 Å². The fourth-order valence-corrected chi connectivity index (χ4v) is 1.96. The molecule has 0 radical (unpaired) electrons. The zero-order valence-corrected chi connectivity index (χ0v) is 12.0. The van der Waals surface area contributed by atoms with Gasteiger partial charge >= 0.3 is 5.97 Å². The van der Waals surface area contributed by atoms with Gasteiger partial charge in [-0.05, 0) is 35.2 Å². The van der Waals surface area contributed by atoms with Crippen LogP contribution in [0.25, 0.3) is 0 Å². The second kappa shape index (κ2) is 6.39. The maximum Gasteiger partial charge on any atom is 0.339 e. The molecule has 21 heavy (non-hydrogen) atoms. The van der Waals surface area contributed by atoms with E-state index in [1.165, 1.54) is 17.7 Å². The molecule has 0 spiro atoms. The van der Waals surface area contributed by atoms with Gasteiger partial charge in [0.1, 0.15) is 23.7 Å². The molecule has 0 saturated heterocycles. The van der Waals surface area contributed by atoms with Crippen LogP contribution in [0.2, 0.25) is 0 Å². The van der Waals surface area contributed by atoms with Crippen LogP contribution in [0.4, 0.5) is 4.39 Å². The number of hydrogen-bond acceptors (Lipinski definition) is 2. The third kappa shape index (κ3) is 3.81. The molecule has 0 aromatic heterocycles. The van der Waals surface area contributed by atoms with E-state index >= 15 is 0 Å². The molecular weight excluding hydrogens is 271 g/mol. The molecule has 0 heterocycles. The first kappa shape index (κ1) is 15.0. The van der Waals surface area contributed by atoms with Crippen molar-refractivity contribution in [1.82, 2.24) is 0 Å². The molecule has 0 aliphatic rings. The van der Waals surface area contributed by atoms with E-state index in [2.05, 4.69) is 13.8 Å². The van der Waals surface area contributed by atoms with Crippen LogP contribution < -0.4 is 4.74 Å². The third-order valence-corrected chi connectivity index (χ3v) is 3.21. The molecule has 2 aromatic carbocycles. The Morgan fingerprint density at radius 1 is 1.19 bits per heavy atom. The molecule has 0 aliphatic carbocycles. The predicted octanol–water partition coefficient (Wildman–Crippen LogP) is 4.23. The van der Waals surface area contributed by atoms with E-state index in [4.69, 9.17) is 9.84 Å². The third-order valence-electron chi connectivity index (χ3n) is 3.21. The van der Waals surface area contributed by atoms with Crippen molar-refractivity contribution in [2.75, 3.05) is 0 Å². The Bertz CT molecular complexity index is 633. The van der Waals surface area contributed by atoms with Gasteiger partial charge in [-0.15, -0.1) is 0 Å². The van der Waals surface area contributed by atoms with Crippen LogP contribution in [-0.4, -0.2) is 11.1 Å². The van der Waals surface area contributed by atoms with Gasteiger partial charge in [0.2, 0.25) is 0 Å².